The molecule has 0 spiro atoms. The Morgan fingerprint density at radius 1 is 1.03 bits per heavy atom. The van der Waals surface area contributed by atoms with Crippen molar-refractivity contribution in [3.8, 4) is 5.75 Å². The number of halogens is 2. The van der Waals surface area contributed by atoms with Gasteiger partial charge in [-0.05, 0) is 58.5 Å². The smallest absolute Gasteiger partial charge is 0.294 e. The zero-order valence-corrected chi connectivity index (χ0v) is 21.3. The molecule has 1 aliphatic rings. The van der Waals surface area contributed by atoms with Crippen LogP contribution in [0.2, 0.25) is 10.0 Å². The molecule has 7 heteroatoms. The lowest BCUT2D eigenvalue weighted by molar-refractivity contribution is -0.123. The lowest BCUT2D eigenvalue weighted by Gasteiger charge is -2.32. The number of nitrogens with one attached hydrogen (secondary N) is 1. The molecule has 0 radical (unpaired) electrons. The Kier molecular flexibility index (Phi) is 7.20. The highest BCUT2D eigenvalue weighted by Crippen LogP contribution is 2.39. The van der Waals surface area contributed by atoms with Gasteiger partial charge in [-0.2, -0.15) is 0 Å². The van der Waals surface area contributed by atoms with Gasteiger partial charge in [-0.15, -0.1) is 0 Å². The summed E-state index contributed by atoms with van der Waals surface area (Å²) in [6, 6.07) is 20.1. The average molecular weight is 509 g/mol. The van der Waals surface area contributed by atoms with Crippen LogP contribution in [0.3, 0.4) is 0 Å². The third kappa shape index (κ3) is 5.87. The SMILES string of the molecule is CC(C)(C)c1ccc2c(c1)N(CC(=O)NCc1ccccc1Cl)C(=O)C(=Cc1ccc(Cl)cc1)O2. The van der Waals surface area contributed by atoms with Crippen molar-refractivity contribution in [2.45, 2.75) is 32.7 Å². The van der Waals surface area contributed by atoms with E-state index < -0.39 is 5.91 Å². The largest absolute Gasteiger partial charge is 0.449 e. The second-order valence-electron chi connectivity index (χ2n) is 9.35. The van der Waals surface area contributed by atoms with Crippen molar-refractivity contribution in [3.63, 3.8) is 0 Å². The van der Waals surface area contributed by atoms with E-state index in [1.54, 1.807) is 36.4 Å². The molecular weight excluding hydrogens is 483 g/mol. The first-order valence-corrected chi connectivity index (χ1v) is 12.0. The van der Waals surface area contributed by atoms with E-state index in [4.69, 9.17) is 27.9 Å². The quantitative estimate of drug-likeness (QED) is 0.407. The molecule has 0 atom stereocenters. The van der Waals surface area contributed by atoms with E-state index in [0.29, 0.717) is 21.5 Å². The molecule has 3 aromatic carbocycles. The van der Waals surface area contributed by atoms with Crippen LogP contribution in [0.1, 0.15) is 37.5 Å². The molecule has 3 aromatic rings. The molecule has 0 aliphatic carbocycles. The summed E-state index contributed by atoms with van der Waals surface area (Å²) >= 11 is 12.2. The number of ether oxygens (including phenoxy) is 1. The van der Waals surface area contributed by atoms with Crippen LogP contribution in [0.4, 0.5) is 5.69 Å². The Morgan fingerprint density at radius 3 is 2.43 bits per heavy atom. The van der Waals surface area contributed by atoms with Crippen LogP contribution in [0.15, 0.2) is 72.5 Å². The zero-order chi connectivity index (χ0) is 25.2. The van der Waals surface area contributed by atoms with Crippen molar-refractivity contribution in [2.24, 2.45) is 0 Å². The van der Waals surface area contributed by atoms with E-state index in [1.807, 2.05) is 36.4 Å². The molecule has 0 saturated carbocycles. The fourth-order valence-corrected chi connectivity index (χ4v) is 4.01. The Balaban J connectivity index is 1.64. The van der Waals surface area contributed by atoms with Crippen molar-refractivity contribution in [2.75, 3.05) is 11.4 Å². The second kappa shape index (κ2) is 10.1. The molecule has 2 amide bonds. The highest BCUT2D eigenvalue weighted by Gasteiger charge is 2.33. The zero-order valence-electron chi connectivity index (χ0n) is 19.8. The van der Waals surface area contributed by atoms with E-state index in [9.17, 15) is 9.59 Å². The number of rotatable bonds is 5. The summed E-state index contributed by atoms with van der Waals surface area (Å²) in [5, 5.41) is 4.03. The first kappa shape index (κ1) is 24.8. The summed E-state index contributed by atoms with van der Waals surface area (Å²) in [6.07, 6.45) is 1.65. The maximum absolute atomic E-state index is 13.5. The summed E-state index contributed by atoms with van der Waals surface area (Å²) in [5.74, 6) is -0.0662. The molecule has 5 nitrogen and oxygen atoms in total. The van der Waals surface area contributed by atoms with Crippen LogP contribution < -0.4 is 15.0 Å². The molecular formula is C28H26Cl2N2O3. The molecule has 0 unspecified atom stereocenters. The van der Waals surface area contributed by atoms with Crippen LogP contribution in [0.25, 0.3) is 6.08 Å². The minimum atomic E-state index is -0.397. The van der Waals surface area contributed by atoms with Gasteiger partial charge >= 0.3 is 0 Å². The van der Waals surface area contributed by atoms with Gasteiger partial charge in [0, 0.05) is 16.6 Å². The van der Waals surface area contributed by atoms with Crippen LogP contribution in [-0.4, -0.2) is 18.4 Å². The molecule has 4 rings (SSSR count). The first-order chi connectivity index (χ1) is 16.6. The number of anilines is 1. The molecule has 0 saturated heterocycles. The molecule has 1 heterocycles. The number of hydrogen-bond acceptors (Lipinski definition) is 3. The number of carbonyl (C=O) groups excluding carboxylic acids is 2. The fourth-order valence-electron chi connectivity index (χ4n) is 3.68. The predicted molar refractivity (Wildman–Crippen MR) is 141 cm³/mol. The Labute approximate surface area is 215 Å². The summed E-state index contributed by atoms with van der Waals surface area (Å²) in [5.41, 5.74) is 3.00. The average Bonchev–Trinajstić information content (AvgIpc) is 2.81. The van der Waals surface area contributed by atoms with Gasteiger partial charge in [0.05, 0.1) is 5.69 Å². The van der Waals surface area contributed by atoms with Gasteiger partial charge in [-0.3, -0.25) is 14.5 Å². The van der Waals surface area contributed by atoms with Gasteiger partial charge in [-0.1, -0.05) is 80.4 Å². The highest BCUT2D eigenvalue weighted by molar-refractivity contribution is 6.31. The van der Waals surface area contributed by atoms with Crippen molar-refractivity contribution in [3.05, 3.63) is 99.2 Å². The Hall–Kier alpha value is -3.28. The van der Waals surface area contributed by atoms with Gasteiger partial charge in [-0.25, -0.2) is 0 Å². The van der Waals surface area contributed by atoms with Gasteiger partial charge in [0.25, 0.3) is 5.91 Å². The summed E-state index contributed by atoms with van der Waals surface area (Å²) in [6.45, 7) is 6.37. The number of benzene rings is 3. The lowest BCUT2D eigenvalue weighted by atomic mass is 9.86. The van der Waals surface area contributed by atoms with E-state index in [-0.39, 0.29) is 30.2 Å². The third-order valence-electron chi connectivity index (χ3n) is 5.69. The second-order valence-corrected chi connectivity index (χ2v) is 10.2. The van der Waals surface area contributed by atoms with Crippen LogP contribution in [-0.2, 0) is 21.5 Å². The van der Waals surface area contributed by atoms with Gasteiger partial charge in [0.2, 0.25) is 5.91 Å². The Bertz CT molecular complexity index is 1290. The minimum absolute atomic E-state index is 0.127. The van der Waals surface area contributed by atoms with E-state index in [1.165, 1.54) is 4.90 Å². The van der Waals surface area contributed by atoms with Crippen molar-refractivity contribution in [1.82, 2.24) is 5.32 Å². The van der Waals surface area contributed by atoms with Gasteiger partial charge in [0.1, 0.15) is 6.54 Å². The Morgan fingerprint density at radius 2 is 1.74 bits per heavy atom. The molecule has 180 valence electrons. The topological polar surface area (TPSA) is 58.6 Å². The summed E-state index contributed by atoms with van der Waals surface area (Å²) in [4.78, 5) is 27.9. The van der Waals surface area contributed by atoms with Crippen LogP contribution in [0.5, 0.6) is 5.75 Å². The third-order valence-corrected chi connectivity index (χ3v) is 6.32. The van der Waals surface area contributed by atoms with Crippen LogP contribution >= 0.6 is 23.2 Å². The van der Waals surface area contributed by atoms with Crippen molar-refractivity contribution >= 4 is 46.8 Å². The summed E-state index contributed by atoms with van der Waals surface area (Å²) in [7, 11) is 0. The number of fused-ring (bicyclic) bond motifs is 1. The van der Waals surface area contributed by atoms with Gasteiger partial charge < -0.3 is 10.1 Å². The normalized spacial score (nSPS) is 14.5. The number of nitrogens with zero attached hydrogens (tertiary/aromatic N) is 1. The molecule has 0 bridgehead atoms. The van der Waals surface area contributed by atoms with Crippen molar-refractivity contribution in [1.29, 1.82) is 0 Å². The van der Waals surface area contributed by atoms with E-state index in [2.05, 4.69) is 26.1 Å². The molecule has 35 heavy (non-hydrogen) atoms. The monoisotopic (exact) mass is 508 g/mol. The number of amides is 2. The van der Waals surface area contributed by atoms with Crippen LogP contribution in [0, 0.1) is 0 Å². The lowest BCUT2D eigenvalue weighted by Crippen LogP contribution is -2.44. The fraction of sp³-hybridized carbons (Fsp3) is 0.214. The van der Waals surface area contributed by atoms with Crippen molar-refractivity contribution < 1.29 is 14.3 Å². The molecule has 1 N–H and O–H groups in total. The standard InChI is InChI=1S/C28H26Cl2N2O3/c1-28(2,3)20-10-13-24-23(15-20)32(17-26(33)31-16-19-6-4-5-7-22(19)30)27(34)25(35-24)14-18-8-11-21(29)12-9-18/h4-15H,16-17H2,1-3H3,(H,31,33). The summed E-state index contributed by atoms with van der Waals surface area (Å²) < 4.78 is 5.99. The molecule has 1 aliphatic heterocycles. The van der Waals surface area contributed by atoms with E-state index >= 15 is 0 Å². The first-order valence-electron chi connectivity index (χ1n) is 11.2. The van der Waals surface area contributed by atoms with Gasteiger partial charge in [0.15, 0.2) is 11.5 Å². The minimum Gasteiger partial charge on any atom is -0.449 e. The maximum atomic E-state index is 13.5. The number of hydrogen-bond donors (Lipinski definition) is 1. The number of carbonyl (C=O) groups is 2. The predicted octanol–water partition coefficient (Wildman–Crippen LogP) is 6.37. The maximum Gasteiger partial charge on any atom is 0.294 e. The van der Waals surface area contributed by atoms with E-state index in [0.717, 1.165) is 16.7 Å². The molecule has 0 fully saturated rings. The molecule has 0 aromatic heterocycles. The highest BCUT2D eigenvalue weighted by atomic mass is 35.5.